The van der Waals surface area contributed by atoms with Gasteiger partial charge in [-0.05, 0) is 59.5 Å². The number of carbonyl (C=O) groups is 6. The van der Waals surface area contributed by atoms with Crippen LogP contribution in [0.2, 0.25) is 0 Å². The van der Waals surface area contributed by atoms with Gasteiger partial charge in [-0.25, -0.2) is 0 Å². The van der Waals surface area contributed by atoms with Crippen molar-refractivity contribution in [3.63, 3.8) is 0 Å². The lowest BCUT2D eigenvalue weighted by Gasteiger charge is -2.05. The van der Waals surface area contributed by atoms with Crippen molar-refractivity contribution in [3.05, 3.63) is 89.5 Å². The number of nitrogens with one attached hydrogen (secondary N) is 3. The Labute approximate surface area is 310 Å². The quantitative estimate of drug-likeness (QED) is 0.147. The number of carbonyl (C=O) groups excluding carboxylic acids is 6. The van der Waals surface area contributed by atoms with Crippen LogP contribution in [0, 0.1) is 0 Å². The highest BCUT2D eigenvalue weighted by molar-refractivity contribution is 8.13. The molecule has 0 heterocycles. The average molecular weight is 767 g/mol. The number of aryl methyl sites for hydroxylation is 1. The zero-order valence-corrected chi connectivity index (χ0v) is 31.8. The van der Waals surface area contributed by atoms with E-state index in [4.69, 9.17) is 23.2 Å². The largest absolute Gasteiger partial charge is 0.326 e. The summed E-state index contributed by atoms with van der Waals surface area (Å²) in [5.74, 6) is 1.53. The predicted molar refractivity (Wildman–Crippen MR) is 208 cm³/mol. The number of alkyl halides is 2. The molecule has 0 saturated carbocycles. The Morgan fingerprint density at radius 2 is 1.00 bits per heavy atom. The topological polar surface area (TPSA) is 139 Å². The summed E-state index contributed by atoms with van der Waals surface area (Å²) in [5.41, 5.74) is 5.45. The van der Waals surface area contributed by atoms with E-state index in [0.717, 1.165) is 40.2 Å². The van der Waals surface area contributed by atoms with Crippen LogP contribution in [0.5, 0.6) is 0 Å². The number of amides is 3. The Balaban J connectivity index is 0.000000368. The SMILES string of the molecule is CC(=O)SCCc1ccc(NC(=O)CCl)cc1.CC(=O)SCc1ccc(NC(=O)CCl)cc1.CCC(=O)Nc1cccc(CSC(C)=O)c1. The van der Waals surface area contributed by atoms with Crippen LogP contribution < -0.4 is 16.0 Å². The van der Waals surface area contributed by atoms with E-state index in [0.29, 0.717) is 23.6 Å². The van der Waals surface area contributed by atoms with Crippen LogP contribution in [-0.4, -0.2) is 50.6 Å². The molecule has 0 aliphatic carbocycles. The number of halogens is 2. The van der Waals surface area contributed by atoms with Crippen molar-refractivity contribution in [1.82, 2.24) is 0 Å². The maximum absolute atomic E-state index is 11.2. The van der Waals surface area contributed by atoms with Crippen LogP contribution in [0.1, 0.15) is 50.8 Å². The normalized spacial score (nSPS) is 9.92. The average Bonchev–Trinajstić information content (AvgIpc) is 3.08. The molecule has 0 fully saturated rings. The van der Waals surface area contributed by atoms with Gasteiger partial charge in [0, 0.05) is 61.5 Å². The molecule has 0 aliphatic heterocycles. The number of hydrogen-bond donors (Lipinski definition) is 3. The lowest BCUT2D eigenvalue weighted by atomic mass is 10.1. The van der Waals surface area contributed by atoms with E-state index in [9.17, 15) is 28.8 Å². The Kier molecular flexibility index (Phi) is 22.9. The van der Waals surface area contributed by atoms with Gasteiger partial charge in [0.1, 0.15) is 11.8 Å². The maximum atomic E-state index is 11.2. The third-order valence-electron chi connectivity index (χ3n) is 5.83. The van der Waals surface area contributed by atoms with Crippen molar-refractivity contribution in [1.29, 1.82) is 0 Å². The van der Waals surface area contributed by atoms with Gasteiger partial charge in [-0.15, -0.1) is 23.2 Å². The smallest absolute Gasteiger partial charge is 0.239 e. The van der Waals surface area contributed by atoms with Gasteiger partial charge in [-0.2, -0.15) is 0 Å². The van der Waals surface area contributed by atoms with Crippen LogP contribution in [-0.2, 0) is 46.7 Å². The molecule has 264 valence electrons. The standard InChI is InChI=1S/C12H14ClNO2S.C12H15NO2S.C11H12ClNO2S/c1-9(15)17-7-6-10-2-4-11(5-3-10)14-12(16)8-13;1-3-12(15)13-11-6-4-5-10(7-11)8-16-9(2)14;1-8(14)16-7-9-2-4-10(5-3-9)13-11(15)6-12/h2-5H,6-8H2,1H3,(H,14,16);4-7H,3,8H2,1-2H3,(H,13,15);2-5H,6-7H2,1H3,(H,13,15). The molecule has 0 spiro atoms. The lowest BCUT2D eigenvalue weighted by Crippen LogP contribution is -2.12. The van der Waals surface area contributed by atoms with E-state index in [2.05, 4.69) is 16.0 Å². The number of thioether (sulfide) groups is 3. The molecule has 0 unspecified atom stereocenters. The maximum Gasteiger partial charge on any atom is 0.239 e. The summed E-state index contributed by atoms with van der Waals surface area (Å²) in [7, 11) is 0. The second-order valence-corrected chi connectivity index (χ2v) is 14.1. The number of anilines is 3. The van der Waals surface area contributed by atoms with E-state index < -0.39 is 0 Å². The van der Waals surface area contributed by atoms with E-state index in [-0.39, 0.29) is 44.8 Å². The van der Waals surface area contributed by atoms with Crippen molar-refractivity contribution in [3.8, 4) is 0 Å². The first-order valence-corrected chi connectivity index (χ1v) is 19.1. The summed E-state index contributed by atoms with van der Waals surface area (Å²) in [6, 6.07) is 22.4. The molecule has 0 bridgehead atoms. The highest BCUT2D eigenvalue weighted by Crippen LogP contribution is 2.18. The molecule has 0 aliphatic rings. The molecule has 3 aromatic carbocycles. The Bertz CT molecular complexity index is 1520. The fourth-order valence-corrected chi connectivity index (χ4v) is 5.37. The third-order valence-corrected chi connectivity index (χ3v) is 8.90. The highest BCUT2D eigenvalue weighted by atomic mass is 35.5. The van der Waals surface area contributed by atoms with Crippen LogP contribution in [0.4, 0.5) is 17.1 Å². The summed E-state index contributed by atoms with van der Waals surface area (Å²) in [6.07, 6.45) is 1.31. The number of hydrogen-bond acceptors (Lipinski definition) is 9. The van der Waals surface area contributed by atoms with Gasteiger partial charge in [0.15, 0.2) is 15.3 Å². The molecule has 3 rings (SSSR count). The molecule has 3 aromatic rings. The molecule has 3 amide bonds. The first-order valence-electron chi connectivity index (χ1n) is 15.0. The van der Waals surface area contributed by atoms with E-state index in [1.54, 1.807) is 32.9 Å². The summed E-state index contributed by atoms with van der Waals surface area (Å²) < 4.78 is 0. The Morgan fingerprint density at radius 1 is 0.551 bits per heavy atom. The van der Waals surface area contributed by atoms with Crippen molar-refractivity contribution in [2.24, 2.45) is 0 Å². The highest BCUT2D eigenvalue weighted by Gasteiger charge is 2.04. The summed E-state index contributed by atoms with van der Waals surface area (Å²) >= 11 is 14.6. The Morgan fingerprint density at radius 3 is 1.45 bits per heavy atom. The van der Waals surface area contributed by atoms with Gasteiger partial charge in [0.05, 0.1) is 0 Å². The van der Waals surface area contributed by atoms with Crippen molar-refractivity contribution < 1.29 is 28.8 Å². The molecule has 3 N–H and O–H groups in total. The van der Waals surface area contributed by atoms with Crippen LogP contribution in [0.25, 0.3) is 0 Å². The zero-order chi connectivity index (χ0) is 36.6. The van der Waals surface area contributed by atoms with Crippen molar-refractivity contribution >= 4 is 109 Å². The predicted octanol–water partition coefficient (Wildman–Crippen LogP) is 8.14. The monoisotopic (exact) mass is 765 g/mol. The fourth-order valence-electron chi connectivity index (χ4n) is 3.50. The second-order valence-electron chi connectivity index (χ2n) is 10.0. The molecule has 9 nitrogen and oxygen atoms in total. The van der Waals surface area contributed by atoms with E-state index >= 15 is 0 Å². The van der Waals surface area contributed by atoms with Crippen LogP contribution >= 0.6 is 58.5 Å². The summed E-state index contributed by atoms with van der Waals surface area (Å²) in [4.78, 5) is 65.5. The molecule has 0 saturated heterocycles. The minimum absolute atomic E-state index is 0.00336. The number of rotatable bonds is 13. The summed E-state index contributed by atoms with van der Waals surface area (Å²) in [6.45, 7) is 6.47. The van der Waals surface area contributed by atoms with Crippen molar-refractivity contribution in [2.45, 2.75) is 52.0 Å². The number of benzene rings is 3. The minimum atomic E-state index is -0.229. The molecule has 0 aromatic heterocycles. The summed E-state index contributed by atoms with van der Waals surface area (Å²) in [5, 5.41) is 8.42. The second kappa shape index (κ2) is 25.6. The molecule has 0 radical (unpaired) electrons. The van der Waals surface area contributed by atoms with E-state index in [1.165, 1.54) is 35.3 Å². The first kappa shape index (κ1) is 43.7. The fraction of sp³-hybridized carbons (Fsp3) is 0.314. The van der Waals surface area contributed by atoms with Crippen LogP contribution in [0.3, 0.4) is 0 Å². The Hall–Kier alpha value is -3.29. The van der Waals surface area contributed by atoms with Gasteiger partial charge in [0.25, 0.3) is 0 Å². The van der Waals surface area contributed by atoms with Crippen molar-refractivity contribution in [2.75, 3.05) is 33.5 Å². The molecular formula is C35H41Cl2N3O6S3. The van der Waals surface area contributed by atoms with Gasteiger partial charge < -0.3 is 16.0 Å². The molecule has 0 atom stereocenters. The van der Waals surface area contributed by atoms with Gasteiger partial charge in [-0.1, -0.05) is 78.6 Å². The molecular weight excluding hydrogens is 726 g/mol. The third kappa shape index (κ3) is 22.1. The van der Waals surface area contributed by atoms with Gasteiger partial charge in [0.2, 0.25) is 17.7 Å². The van der Waals surface area contributed by atoms with Gasteiger partial charge in [-0.3, -0.25) is 28.8 Å². The van der Waals surface area contributed by atoms with Gasteiger partial charge >= 0.3 is 0 Å². The lowest BCUT2D eigenvalue weighted by molar-refractivity contribution is -0.116. The van der Waals surface area contributed by atoms with Crippen LogP contribution in [0.15, 0.2) is 72.8 Å². The first-order chi connectivity index (χ1) is 23.3. The molecule has 14 heteroatoms. The minimum Gasteiger partial charge on any atom is -0.326 e. The molecule has 49 heavy (non-hydrogen) atoms. The zero-order valence-electron chi connectivity index (χ0n) is 27.8. The van der Waals surface area contributed by atoms with E-state index in [1.807, 2.05) is 67.6 Å².